The van der Waals surface area contributed by atoms with Gasteiger partial charge >= 0.3 is 6.18 Å². The minimum atomic E-state index is -4.32. The normalized spacial score (nSPS) is 17.5. The Bertz CT molecular complexity index is 693. The van der Waals surface area contributed by atoms with E-state index < -0.39 is 11.7 Å². The van der Waals surface area contributed by atoms with Crippen molar-refractivity contribution in [1.82, 2.24) is 9.55 Å². The number of nitrogens with zero attached hydrogens (tertiary/aromatic N) is 1. The summed E-state index contributed by atoms with van der Waals surface area (Å²) < 4.78 is 40.7. The van der Waals surface area contributed by atoms with Gasteiger partial charge in [-0.25, -0.2) is 0 Å². The van der Waals surface area contributed by atoms with E-state index in [1.165, 1.54) is 38.2 Å². The average molecular weight is 314 g/mol. The van der Waals surface area contributed by atoms with Crippen molar-refractivity contribution in [3.8, 4) is 0 Å². The van der Waals surface area contributed by atoms with E-state index in [1.54, 1.807) is 0 Å². The van der Waals surface area contributed by atoms with Gasteiger partial charge in [-0.1, -0.05) is 19.3 Å². The maximum absolute atomic E-state index is 12.7. The minimum Gasteiger partial charge on any atom is -0.331 e. The third kappa shape index (κ3) is 3.00. The van der Waals surface area contributed by atoms with Gasteiger partial charge in [0.15, 0.2) is 4.77 Å². The van der Waals surface area contributed by atoms with Crippen LogP contribution in [0.25, 0.3) is 11.0 Å². The van der Waals surface area contributed by atoms with Gasteiger partial charge in [0.25, 0.3) is 0 Å². The molecule has 1 aromatic heterocycles. The van der Waals surface area contributed by atoms with Crippen LogP contribution in [0, 0.1) is 10.7 Å². The van der Waals surface area contributed by atoms with Crippen LogP contribution in [0.15, 0.2) is 18.2 Å². The van der Waals surface area contributed by atoms with E-state index in [2.05, 4.69) is 4.98 Å². The van der Waals surface area contributed by atoms with Crippen LogP contribution in [-0.2, 0) is 12.7 Å². The van der Waals surface area contributed by atoms with Gasteiger partial charge in [-0.05, 0) is 49.2 Å². The Labute approximate surface area is 126 Å². The molecular weight excluding hydrogens is 297 g/mol. The lowest BCUT2D eigenvalue weighted by Gasteiger charge is -2.22. The smallest absolute Gasteiger partial charge is 0.331 e. The molecule has 0 bridgehead atoms. The molecule has 0 atom stereocenters. The van der Waals surface area contributed by atoms with E-state index in [9.17, 15) is 13.2 Å². The van der Waals surface area contributed by atoms with Gasteiger partial charge < -0.3 is 9.55 Å². The van der Waals surface area contributed by atoms with Crippen LogP contribution in [0.2, 0.25) is 0 Å². The van der Waals surface area contributed by atoms with Crippen molar-refractivity contribution in [2.75, 3.05) is 0 Å². The molecule has 1 aliphatic rings. The van der Waals surface area contributed by atoms with Crippen molar-refractivity contribution in [2.45, 2.75) is 44.8 Å². The number of benzene rings is 1. The fourth-order valence-corrected chi connectivity index (χ4v) is 3.43. The largest absolute Gasteiger partial charge is 0.416 e. The zero-order valence-corrected chi connectivity index (χ0v) is 12.4. The van der Waals surface area contributed by atoms with Gasteiger partial charge in [0.1, 0.15) is 0 Å². The highest BCUT2D eigenvalue weighted by Gasteiger charge is 2.30. The Morgan fingerprint density at radius 2 is 1.90 bits per heavy atom. The summed E-state index contributed by atoms with van der Waals surface area (Å²) in [6, 6.07) is 3.79. The molecule has 2 nitrogen and oxygen atoms in total. The summed E-state index contributed by atoms with van der Waals surface area (Å²) in [7, 11) is 0. The summed E-state index contributed by atoms with van der Waals surface area (Å²) in [6.45, 7) is 0.796. The summed E-state index contributed by atoms with van der Waals surface area (Å²) >= 11 is 5.28. The molecule has 114 valence electrons. The lowest BCUT2D eigenvalue weighted by atomic mass is 9.89. The van der Waals surface area contributed by atoms with Crippen LogP contribution in [0.1, 0.15) is 37.7 Å². The first-order valence-corrected chi connectivity index (χ1v) is 7.66. The molecule has 1 fully saturated rings. The number of nitrogens with one attached hydrogen (secondary N) is 1. The molecule has 1 heterocycles. The molecule has 0 spiro atoms. The molecule has 1 aliphatic carbocycles. The van der Waals surface area contributed by atoms with E-state index >= 15 is 0 Å². The molecular formula is C15H17F3N2S. The van der Waals surface area contributed by atoms with Gasteiger partial charge in [-0.3, -0.25) is 0 Å². The highest BCUT2D eigenvalue weighted by Crippen LogP contribution is 2.32. The van der Waals surface area contributed by atoms with Crippen molar-refractivity contribution in [3.05, 3.63) is 28.5 Å². The van der Waals surface area contributed by atoms with Gasteiger partial charge in [0, 0.05) is 6.54 Å². The van der Waals surface area contributed by atoms with Crippen LogP contribution >= 0.6 is 12.2 Å². The van der Waals surface area contributed by atoms with Gasteiger partial charge in [0.05, 0.1) is 16.6 Å². The fourth-order valence-electron chi connectivity index (χ4n) is 3.15. The van der Waals surface area contributed by atoms with Crippen LogP contribution in [0.5, 0.6) is 0 Å². The molecule has 0 amide bonds. The maximum atomic E-state index is 12.7. The van der Waals surface area contributed by atoms with Gasteiger partial charge in [0.2, 0.25) is 0 Å². The van der Waals surface area contributed by atoms with Crippen molar-refractivity contribution < 1.29 is 13.2 Å². The molecule has 0 unspecified atom stereocenters. The number of aromatic nitrogens is 2. The summed E-state index contributed by atoms with van der Waals surface area (Å²) in [4.78, 5) is 2.91. The monoisotopic (exact) mass is 314 g/mol. The lowest BCUT2D eigenvalue weighted by molar-refractivity contribution is -0.137. The maximum Gasteiger partial charge on any atom is 0.416 e. The number of fused-ring (bicyclic) bond motifs is 1. The van der Waals surface area contributed by atoms with Crippen LogP contribution in [-0.4, -0.2) is 9.55 Å². The zero-order valence-electron chi connectivity index (χ0n) is 11.5. The molecule has 6 heteroatoms. The van der Waals surface area contributed by atoms with Gasteiger partial charge in [-0.15, -0.1) is 0 Å². The third-order valence-electron chi connectivity index (χ3n) is 4.27. The Balaban J connectivity index is 1.95. The second-order valence-electron chi connectivity index (χ2n) is 5.77. The molecule has 0 radical (unpaired) electrons. The fraction of sp³-hybridized carbons (Fsp3) is 0.533. The Morgan fingerprint density at radius 1 is 1.19 bits per heavy atom. The second kappa shape index (κ2) is 5.48. The van der Waals surface area contributed by atoms with Crippen molar-refractivity contribution >= 4 is 23.3 Å². The predicted molar refractivity (Wildman–Crippen MR) is 78.7 cm³/mol. The number of H-pyrrole nitrogens is 1. The highest BCUT2D eigenvalue weighted by molar-refractivity contribution is 7.71. The van der Waals surface area contributed by atoms with E-state index in [1.807, 2.05) is 4.57 Å². The first kappa shape index (κ1) is 14.6. The molecule has 1 N–H and O–H groups in total. The van der Waals surface area contributed by atoms with Crippen LogP contribution < -0.4 is 0 Å². The average Bonchev–Trinajstić information content (AvgIpc) is 2.75. The van der Waals surface area contributed by atoms with Crippen molar-refractivity contribution in [1.29, 1.82) is 0 Å². The lowest BCUT2D eigenvalue weighted by Crippen LogP contribution is -2.14. The second-order valence-corrected chi connectivity index (χ2v) is 6.16. The summed E-state index contributed by atoms with van der Waals surface area (Å²) in [5.41, 5.74) is 0.584. The number of imidazole rings is 1. The van der Waals surface area contributed by atoms with Crippen LogP contribution in [0.4, 0.5) is 13.2 Å². The summed E-state index contributed by atoms with van der Waals surface area (Å²) in [6.07, 6.45) is 1.78. The SMILES string of the molecule is FC(F)(F)c1ccc2c(c1)[nH]c(=S)n2CC1CCCCC1. The molecule has 0 aliphatic heterocycles. The summed E-state index contributed by atoms with van der Waals surface area (Å²) in [5, 5.41) is 0. The number of halogens is 3. The quantitative estimate of drug-likeness (QED) is 0.746. The minimum absolute atomic E-state index is 0.464. The van der Waals surface area contributed by atoms with E-state index in [-0.39, 0.29) is 0 Å². The Morgan fingerprint density at radius 3 is 2.57 bits per heavy atom. The summed E-state index contributed by atoms with van der Waals surface area (Å²) in [5.74, 6) is 0.576. The first-order chi connectivity index (χ1) is 9.95. The highest BCUT2D eigenvalue weighted by atomic mass is 32.1. The molecule has 2 aromatic rings. The number of hydrogen-bond acceptors (Lipinski definition) is 1. The van der Waals surface area contributed by atoms with Crippen molar-refractivity contribution in [2.24, 2.45) is 5.92 Å². The van der Waals surface area contributed by atoms with E-state index in [0.29, 0.717) is 16.2 Å². The number of alkyl halides is 3. The first-order valence-electron chi connectivity index (χ1n) is 7.25. The zero-order chi connectivity index (χ0) is 15.0. The predicted octanol–water partition coefficient (Wildman–Crippen LogP) is 5.30. The molecule has 21 heavy (non-hydrogen) atoms. The Hall–Kier alpha value is -1.30. The van der Waals surface area contributed by atoms with Crippen molar-refractivity contribution in [3.63, 3.8) is 0 Å². The standard InChI is InChI=1S/C15H17F3N2S/c16-15(17,18)11-6-7-13-12(8-11)19-14(21)20(13)9-10-4-2-1-3-5-10/h6-8,10H,1-5,9H2,(H,19,21). The molecule has 1 saturated carbocycles. The van der Waals surface area contributed by atoms with E-state index in [0.717, 1.165) is 24.2 Å². The van der Waals surface area contributed by atoms with E-state index in [4.69, 9.17) is 12.2 Å². The topological polar surface area (TPSA) is 20.7 Å². The Kier molecular flexibility index (Phi) is 3.82. The third-order valence-corrected chi connectivity index (χ3v) is 4.59. The number of rotatable bonds is 2. The molecule has 3 rings (SSSR count). The van der Waals surface area contributed by atoms with Gasteiger partial charge in [-0.2, -0.15) is 13.2 Å². The number of aromatic amines is 1. The molecule has 0 saturated heterocycles. The number of hydrogen-bond donors (Lipinski definition) is 1. The van der Waals surface area contributed by atoms with Crippen LogP contribution in [0.3, 0.4) is 0 Å². The molecule has 1 aromatic carbocycles.